The molecule has 0 bridgehead atoms. The van der Waals surface area contributed by atoms with E-state index in [-0.39, 0.29) is 18.9 Å². The number of primary amides is 1. The number of fused-ring (bicyclic) bond motifs is 3. The number of ether oxygens (including phenoxy) is 1. The topological polar surface area (TPSA) is 165 Å². The molecule has 1 aliphatic rings. The maximum absolute atomic E-state index is 12.9. The molecule has 3 amide bonds. The minimum Gasteiger partial charge on any atom is -0.449 e. The molecule has 1 aliphatic carbocycles. The fourth-order valence-electron chi connectivity index (χ4n) is 4.52. The second-order valence-electron chi connectivity index (χ2n) is 8.92. The zero-order chi connectivity index (χ0) is 27.3. The monoisotopic (exact) mass is 537 g/mol. The molecule has 2 atom stereocenters. The third-order valence-electron chi connectivity index (χ3n) is 6.27. The molecule has 0 radical (unpaired) electrons. The average Bonchev–Trinajstić information content (AvgIpc) is 3.20. The van der Waals surface area contributed by atoms with E-state index < -0.39 is 45.9 Å². The Balaban J connectivity index is 1.44. The first kappa shape index (κ1) is 26.8. The SMILES string of the molecule is NC(=O)[C@H](Cc1ccccc1)NC(=O)[C@H](CS(=O)(=O)O)NC(=O)OCC1c2ccccc2-c2ccccc21. The van der Waals surface area contributed by atoms with Crippen LogP contribution in [0.15, 0.2) is 78.9 Å². The molecule has 4 rings (SSSR count). The molecular weight excluding hydrogens is 510 g/mol. The summed E-state index contributed by atoms with van der Waals surface area (Å²) in [7, 11) is -4.69. The Morgan fingerprint density at radius 1 is 0.842 bits per heavy atom. The molecule has 0 heterocycles. The molecule has 0 saturated heterocycles. The lowest BCUT2D eigenvalue weighted by Gasteiger charge is -2.22. The first-order valence-electron chi connectivity index (χ1n) is 11.8. The number of rotatable bonds is 10. The highest BCUT2D eigenvalue weighted by atomic mass is 32.2. The molecule has 11 heteroatoms. The van der Waals surface area contributed by atoms with E-state index >= 15 is 0 Å². The number of carbonyl (C=O) groups is 3. The second kappa shape index (κ2) is 11.4. The Bertz CT molecular complexity index is 1400. The van der Waals surface area contributed by atoms with Crippen LogP contribution in [0.25, 0.3) is 11.1 Å². The van der Waals surface area contributed by atoms with Gasteiger partial charge in [-0.15, -0.1) is 0 Å². The lowest BCUT2D eigenvalue weighted by molar-refractivity contribution is -0.128. The van der Waals surface area contributed by atoms with Gasteiger partial charge in [0.05, 0.1) is 0 Å². The van der Waals surface area contributed by atoms with E-state index in [2.05, 4.69) is 10.6 Å². The Morgan fingerprint density at radius 2 is 1.39 bits per heavy atom. The van der Waals surface area contributed by atoms with Crippen LogP contribution in [0.4, 0.5) is 4.79 Å². The van der Waals surface area contributed by atoms with E-state index in [1.165, 1.54) is 0 Å². The minimum atomic E-state index is -4.69. The lowest BCUT2D eigenvalue weighted by atomic mass is 9.98. The van der Waals surface area contributed by atoms with Gasteiger partial charge in [-0.2, -0.15) is 8.42 Å². The summed E-state index contributed by atoms with van der Waals surface area (Å²) in [5.41, 5.74) is 10.1. The molecule has 3 aromatic carbocycles. The van der Waals surface area contributed by atoms with Crippen LogP contribution in [-0.4, -0.2) is 55.3 Å². The van der Waals surface area contributed by atoms with E-state index in [0.717, 1.165) is 22.3 Å². The van der Waals surface area contributed by atoms with Gasteiger partial charge in [-0.25, -0.2) is 4.79 Å². The van der Waals surface area contributed by atoms with Crippen molar-refractivity contribution in [1.29, 1.82) is 0 Å². The van der Waals surface area contributed by atoms with E-state index in [4.69, 9.17) is 10.5 Å². The van der Waals surface area contributed by atoms with E-state index in [9.17, 15) is 27.4 Å². The van der Waals surface area contributed by atoms with Gasteiger partial charge >= 0.3 is 6.09 Å². The summed E-state index contributed by atoms with van der Waals surface area (Å²) < 4.78 is 37.9. The van der Waals surface area contributed by atoms with Gasteiger partial charge in [0, 0.05) is 12.3 Å². The van der Waals surface area contributed by atoms with E-state index in [1.54, 1.807) is 30.3 Å². The Kier molecular flexibility index (Phi) is 8.08. The fraction of sp³-hybridized carbons (Fsp3) is 0.222. The summed E-state index contributed by atoms with van der Waals surface area (Å²) in [6, 6.07) is 21.2. The standard InChI is InChI=1S/C27H27N3O7S/c28-25(31)23(14-17-8-2-1-3-9-17)29-26(32)24(16-38(34,35)36)30-27(33)37-15-22-20-12-6-4-10-18(20)19-11-5-7-13-21(19)22/h1-13,22-24H,14-16H2,(H2,28,31)(H,29,32)(H,30,33)(H,34,35,36)/t23-,24-/m0/s1. The maximum Gasteiger partial charge on any atom is 0.407 e. The van der Waals surface area contributed by atoms with Crippen LogP contribution in [0.2, 0.25) is 0 Å². The largest absolute Gasteiger partial charge is 0.449 e. The first-order valence-corrected chi connectivity index (χ1v) is 13.4. The van der Waals surface area contributed by atoms with Gasteiger partial charge in [-0.3, -0.25) is 14.1 Å². The normalized spacial score (nSPS) is 14.0. The highest BCUT2D eigenvalue weighted by Gasteiger charge is 2.32. The van der Waals surface area contributed by atoms with Crippen LogP contribution in [0.5, 0.6) is 0 Å². The number of hydrogen-bond donors (Lipinski definition) is 4. The van der Waals surface area contributed by atoms with Gasteiger partial charge in [0.15, 0.2) is 0 Å². The van der Waals surface area contributed by atoms with Gasteiger partial charge < -0.3 is 21.1 Å². The van der Waals surface area contributed by atoms with Crippen LogP contribution in [0, 0.1) is 0 Å². The number of nitrogens with one attached hydrogen (secondary N) is 2. The van der Waals surface area contributed by atoms with Gasteiger partial charge in [-0.05, 0) is 27.8 Å². The van der Waals surface area contributed by atoms with E-state index in [1.807, 2.05) is 48.5 Å². The van der Waals surface area contributed by atoms with Gasteiger partial charge in [0.25, 0.3) is 10.1 Å². The third-order valence-corrected chi connectivity index (χ3v) is 7.03. The van der Waals surface area contributed by atoms with Crippen molar-refractivity contribution < 1.29 is 32.1 Å². The van der Waals surface area contributed by atoms with Gasteiger partial charge in [0.2, 0.25) is 11.8 Å². The van der Waals surface area contributed by atoms with Crippen LogP contribution >= 0.6 is 0 Å². The molecule has 0 saturated carbocycles. The average molecular weight is 538 g/mol. The Labute approximate surface area is 219 Å². The maximum atomic E-state index is 12.9. The molecule has 198 valence electrons. The summed E-state index contributed by atoms with van der Waals surface area (Å²) >= 11 is 0. The smallest absolute Gasteiger partial charge is 0.407 e. The highest BCUT2D eigenvalue weighted by Crippen LogP contribution is 2.44. The van der Waals surface area contributed by atoms with E-state index in [0.29, 0.717) is 5.56 Å². The molecule has 0 aromatic heterocycles. The number of amides is 3. The number of benzene rings is 3. The number of hydrogen-bond acceptors (Lipinski definition) is 6. The van der Waals surface area contributed by atoms with Gasteiger partial charge in [0.1, 0.15) is 24.4 Å². The minimum absolute atomic E-state index is 0.0471. The summed E-state index contributed by atoms with van der Waals surface area (Å²) in [5.74, 6) is -3.25. The molecular formula is C27H27N3O7S. The molecule has 0 spiro atoms. The number of nitrogens with two attached hydrogens (primary N) is 1. The predicted octanol–water partition coefficient (Wildman–Crippen LogP) is 1.99. The number of alkyl carbamates (subject to hydrolysis) is 1. The van der Waals surface area contributed by atoms with Crippen molar-refractivity contribution in [1.82, 2.24) is 10.6 Å². The van der Waals surface area contributed by atoms with Crippen molar-refractivity contribution in [2.75, 3.05) is 12.4 Å². The van der Waals surface area contributed by atoms with Crippen molar-refractivity contribution in [2.45, 2.75) is 24.4 Å². The zero-order valence-corrected chi connectivity index (χ0v) is 21.1. The highest BCUT2D eigenvalue weighted by molar-refractivity contribution is 7.85. The first-order chi connectivity index (χ1) is 18.1. The molecule has 3 aromatic rings. The molecule has 0 unspecified atom stereocenters. The van der Waals surface area contributed by atoms with Crippen molar-refractivity contribution >= 4 is 28.0 Å². The van der Waals surface area contributed by atoms with Crippen molar-refractivity contribution in [3.8, 4) is 11.1 Å². The molecule has 0 fully saturated rings. The molecule has 38 heavy (non-hydrogen) atoms. The summed E-state index contributed by atoms with van der Waals surface area (Å²) in [4.78, 5) is 37.5. The van der Waals surface area contributed by atoms with Crippen molar-refractivity contribution in [3.63, 3.8) is 0 Å². The lowest BCUT2D eigenvalue weighted by Crippen LogP contribution is -2.55. The second-order valence-corrected chi connectivity index (χ2v) is 10.4. The zero-order valence-electron chi connectivity index (χ0n) is 20.2. The van der Waals surface area contributed by atoms with Crippen LogP contribution in [-0.2, 0) is 30.9 Å². The quantitative estimate of drug-likeness (QED) is 0.287. The summed E-state index contributed by atoms with van der Waals surface area (Å²) in [5, 5.41) is 4.55. The van der Waals surface area contributed by atoms with Gasteiger partial charge in [-0.1, -0.05) is 78.9 Å². The Hall–Kier alpha value is -4.22. The van der Waals surface area contributed by atoms with Crippen LogP contribution < -0.4 is 16.4 Å². The van der Waals surface area contributed by atoms with Crippen LogP contribution in [0.3, 0.4) is 0 Å². The molecule has 0 aliphatic heterocycles. The third kappa shape index (κ3) is 6.55. The van der Waals surface area contributed by atoms with Crippen molar-refractivity contribution in [2.24, 2.45) is 5.73 Å². The fourth-order valence-corrected chi connectivity index (χ4v) is 5.18. The molecule has 5 N–H and O–H groups in total. The number of carbonyl (C=O) groups excluding carboxylic acids is 3. The van der Waals surface area contributed by atoms with Crippen molar-refractivity contribution in [3.05, 3.63) is 95.6 Å². The predicted molar refractivity (Wildman–Crippen MR) is 140 cm³/mol. The summed E-state index contributed by atoms with van der Waals surface area (Å²) in [6.07, 6.45) is -1.01. The summed E-state index contributed by atoms with van der Waals surface area (Å²) in [6.45, 7) is -0.0714. The Morgan fingerprint density at radius 3 is 1.95 bits per heavy atom. The van der Waals surface area contributed by atoms with Crippen LogP contribution in [0.1, 0.15) is 22.6 Å². The molecule has 10 nitrogen and oxygen atoms in total.